The molecule has 0 fully saturated rings. The Hall–Kier alpha value is -2.74. The third kappa shape index (κ3) is 3.18. The van der Waals surface area contributed by atoms with Crippen LogP contribution in [0.2, 0.25) is 0 Å². The van der Waals surface area contributed by atoms with Gasteiger partial charge >= 0.3 is 0 Å². The number of hydrogen-bond acceptors (Lipinski definition) is 2. The summed E-state index contributed by atoms with van der Waals surface area (Å²) in [4.78, 5) is 0. The van der Waals surface area contributed by atoms with E-state index in [1.165, 1.54) is 0 Å². The topological polar surface area (TPSA) is 18.5 Å². The summed E-state index contributed by atoms with van der Waals surface area (Å²) in [5, 5.41) is 0. The highest BCUT2D eigenvalue weighted by Crippen LogP contribution is 2.27. The second kappa shape index (κ2) is 5.93. The minimum Gasteiger partial charge on any atom is -0.457 e. The van der Waals surface area contributed by atoms with Crippen LogP contribution in [0.3, 0.4) is 0 Å². The van der Waals surface area contributed by atoms with Gasteiger partial charge in [-0.15, -0.1) is 0 Å². The van der Waals surface area contributed by atoms with Gasteiger partial charge in [0.05, 0.1) is 0 Å². The standard InChI is InChI=1S/C18H13O2/c1-3-8-15(9-4-1)19-17-12-7-13-18(14-17)20-16-10-5-2-6-11-16/h1-12,14H. The second-order valence-corrected chi connectivity index (χ2v) is 4.22. The fraction of sp³-hybridized carbons (Fsp3) is 0. The van der Waals surface area contributed by atoms with Crippen LogP contribution < -0.4 is 9.47 Å². The maximum Gasteiger partial charge on any atom is 0.139 e. The Morgan fingerprint density at radius 1 is 0.600 bits per heavy atom. The normalized spacial score (nSPS) is 10.0. The Bertz CT molecular complexity index is 607. The monoisotopic (exact) mass is 261 g/mol. The molecule has 1 radical (unpaired) electrons. The van der Waals surface area contributed by atoms with Crippen molar-refractivity contribution < 1.29 is 9.47 Å². The number of benzene rings is 3. The van der Waals surface area contributed by atoms with Crippen LogP contribution in [0, 0.1) is 6.07 Å². The van der Waals surface area contributed by atoms with Crippen molar-refractivity contribution >= 4 is 0 Å². The fourth-order valence-electron chi connectivity index (χ4n) is 1.79. The lowest BCUT2D eigenvalue weighted by atomic mass is 10.3. The van der Waals surface area contributed by atoms with E-state index in [2.05, 4.69) is 6.07 Å². The first-order valence-corrected chi connectivity index (χ1v) is 6.38. The van der Waals surface area contributed by atoms with Crippen molar-refractivity contribution in [2.24, 2.45) is 0 Å². The molecule has 3 aromatic rings. The molecule has 3 rings (SSSR count). The van der Waals surface area contributed by atoms with Crippen LogP contribution in [0.15, 0.2) is 78.9 Å². The van der Waals surface area contributed by atoms with Crippen LogP contribution in [0.1, 0.15) is 0 Å². The summed E-state index contributed by atoms with van der Waals surface area (Å²) in [6.45, 7) is 0. The van der Waals surface area contributed by atoms with Crippen LogP contribution in [0.4, 0.5) is 0 Å². The number of para-hydroxylation sites is 2. The molecule has 0 aromatic heterocycles. The lowest BCUT2D eigenvalue weighted by molar-refractivity contribution is 0.459. The zero-order chi connectivity index (χ0) is 13.6. The molecule has 0 aliphatic heterocycles. The van der Waals surface area contributed by atoms with Crippen molar-refractivity contribution in [1.82, 2.24) is 0 Å². The zero-order valence-corrected chi connectivity index (χ0v) is 10.8. The minimum atomic E-state index is 0.629. The summed E-state index contributed by atoms with van der Waals surface area (Å²) < 4.78 is 11.5. The second-order valence-electron chi connectivity index (χ2n) is 4.22. The molecular formula is C18H13O2. The highest BCUT2D eigenvalue weighted by Gasteiger charge is 2.01. The summed E-state index contributed by atoms with van der Waals surface area (Å²) in [5.74, 6) is 2.93. The third-order valence-corrected chi connectivity index (χ3v) is 2.70. The Morgan fingerprint density at radius 2 is 1.20 bits per heavy atom. The molecule has 2 nitrogen and oxygen atoms in total. The molecule has 2 heteroatoms. The third-order valence-electron chi connectivity index (χ3n) is 2.70. The van der Waals surface area contributed by atoms with Crippen LogP contribution in [-0.4, -0.2) is 0 Å². The van der Waals surface area contributed by atoms with Gasteiger partial charge < -0.3 is 9.47 Å². The molecule has 0 aliphatic rings. The average Bonchev–Trinajstić information content (AvgIpc) is 2.50. The summed E-state index contributed by atoms with van der Waals surface area (Å²) in [5.41, 5.74) is 0. The van der Waals surface area contributed by atoms with Crippen LogP contribution >= 0.6 is 0 Å². The van der Waals surface area contributed by atoms with Gasteiger partial charge in [-0.05, 0) is 36.4 Å². The van der Waals surface area contributed by atoms with Gasteiger partial charge in [0.1, 0.15) is 23.0 Å². The molecule has 3 aromatic carbocycles. The minimum absolute atomic E-state index is 0.629. The Labute approximate surface area is 118 Å². The zero-order valence-electron chi connectivity index (χ0n) is 10.8. The first kappa shape index (κ1) is 12.3. The maximum absolute atomic E-state index is 5.76. The van der Waals surface area contributed by atoms with Gasteiger partial charge in [-0.2, -0.15) is 0 Å². The quantitative estimate of drug-likeness (QED) is 0.652. The predicted molar refractivity (Wildman–Crippen MR) is 78.3 cm³/mol. The van der Waals surface area contributed by atoms with E-state index in [9.17, 15) is 0 Å². The van der Waals surface area contributed by atoms with Crippen LogP contribution in [0.25, 0.3) is 0 Å². The van der Waals surface area contributed by atoms with Gasteiger partial charge in [0.2, 0.25) is 0 Å². The molecule has 20 heavy (non-hydrogen) atoms. The van der Waals surface area contributed by atoms with E-state index < -0.39 is 0 Å². The molecule has 0 saturated carbocycles. The summed E-state index contributed by atoms with van der Waals surface area (Å²) in [6, 6.07) is 27.8. The molecule has 0 bridgehead atoms. The fourth-order valence-corrected chi connectivity index (χ4v) is 1.79. The molecule has 0 spiro atoms. The maximum atomic E-state index is 5.76. The molecule has 0 heterocycles. The van der Waals surface area contributed by atoms with Gasteiger partial charge in [0.15, 0.2) is 0 Å². The van der Waals surface area contributed by atoms with E-state index in [0.29, 0.717) is 5.75 Å². The smallest absolute Gasteiger partial charge is 0.139 e. The largest absolute Gasteiger partial charge is 0.457 e. The molecule has 0 N–H and O–H groups in total. The highest BCUT2D eigenvalue weighted by atomic mass is 16.5. The van der Waals surface area contributed by atoms with Gasteiger partial charge in [0.25, 0.3) is 0 Å². The van der Waals surface area contributed by atoms with E-state index in [4.69, 9.17) is 9.47 Å². The molecule has 0 atom stereocenters. The summed E-state index contributed by atoms with van der Waals surface area (Å²) in [6.07, 6.45) is 0. The number of hydrogen-bond donors (Lipinski definition) is 0. The molecule has 0 amide bonds. The molecule has 0 saturated heterocycles. The molecule has 0 aliphatic carbocycles. The van der Waals surface area contributed by atoms with Crippen molar-refractivity contribution in [1.29, 1.82) is 0 Å². The predicted octanol–water partition coefficient (Wildman–Crippen LogP) is 5.07. The molecule has 0 unspecified atom stereocenters. The number of ether oxygens (including phenoxy) is 2. The van der Waals surface area contributed by atoms with Gasteiger partial charge in [-0.3, -0.25) is 0 Å². The average molecular weight is 261 g/mol. The van der Waals surface area contributed by atoms with Crippen molar-refractivity contribution in [2.45, 2.75) is 0 Å². The van der Waals surface area contributed by atoms with Crippen LogP contribution in [0.5, 0.6) is 23.0 Å². The van der Waals surface area contributed by atoms with Gasteiger partial charge in [-0.1, -0.05) is 36.4 Å². The lowest BCUT2D eigenvalue weighted by Gasteiger charge is -2.08. The van der Waals surface area contributed by atoms with Gasteiger partial charge in [-0.25, -0.2) is 0 Å². The Balaban J connectivity index is 1.76. The lowest BCUT2D eigenvalue weighted by Crippen LogP contribution is -1.87. The van der Waals surface area contributed by atoms with Crippen molar-refractivity contribution in [2.75, 3.05) is 0 Å². The van der Waals surface area contributed by atoms with Crippen LogP contribution in [-0.2, 0) is 0 Å². The van der Waals surface area contributed by atoms with E-state index >= 15 is 0 Å². The SMILES string of the molecule is [c]1ccc(Oc2ccccc2)cc1Oc1ccccc1. The first-order chi connectivity index (χ1) is 9.90. The summed E-state index contributed by atoms with van der Waals surface area (Å²) >= 11 is 0. The van der Waals surface area contributed by atoms with E-state index in [-0.39, 0.29) is 0 Å². The molecule has 97 valence electrons. The van der Waals surface area contributed by atoms with Gasteiger partial charge in [0, 0.05) is 12.1 Å². The van der Waals surface area contributed by atoms with Crippen molar-refractivity contribution in [3.63, 3.8) is 0 Å². The summed E-state index contributed by atoms with van der Waals surface area (Å²) in [7, 11) is 0. The van der Waals surface area contributed by atoms with Crippen molar-refractivity contribution in [3.05, 3.63) is 84.9 Å². The highest BCUT2D eigenvalue weighted by molar-refractivity contribution is 5.38. The Kier molecular flexibility index (Phi) is 3.65. The van der Waals surface area contributed by atoms with Crippen molar-refractivity contribution in [3.8, 4) is 23.0 Å². The van der Waals surface area contributed by atoms with E-state index in [1.54, 1.807) is 6.07 Å². The first-order valence-electron chi connectivity index (χ1n) is 6.38. The number of rotatable bonds is 4. The Morgan fingerprint density at radius 3 is 1.85 bits per heavy atom. The molecular weight excluding hydrogens is 248 g/mol. The van der Waals surface area contributed by atoms with E-state index in [1.807, 2.05) is 72.8 Å². The van der Waals surface area contributed by atoms with E-state index in [0.717, 1.165) is 17.2 Å².